The average molecular weight is 326 g/mol. The van der Waals surface area contributed by atoms with Gasteiger partial charge in [0.15, 0.2) is 6.61 Å². The minimum Gasteiger partial charge on any atom is -0.479 e. The molecule has 120 valence electrons. The number of pyridine rings is 1. The second-order valence-corrected chi connectivity index (χ2v) is 4.92. The Kier molecular flexibility index (Phi) is 4.33. The van der Waals surface area contributed by atoms with Crippen molar-refractivity contribution < 1.29 is 29.1 Å². The van der Waals surface area contributed by atoms with Crippen LogP contribution in [-0.4, -0.2) is 34.8 Å². The van der Waals surface area contributed by atoms with Gasteiger partial charge in [0.2, 0.25) is 11.8 Å². The Balaban J connectivity index is 1.81. The maximum atomic E-state index is 10.6. The lowest BCUT2D eigenvalue weighted by Crippen LogP contribution is -2.27. The Morgan fingerprint density at radius 1 is 1.42 bits per heavy atom. The SMILES string of the molecule is N#Cc1ccc(Oc2ccc3c(c2)COB3O)nc1OCC(=O)O. The van der Waals surface area contributed by atoms with Crippen LogP contribution in [0.4, 0.5) is 0 Å². The molecular formula is C15H11BN2O6. The Hall–Kier alpha value is -3.09. The van der Waals surface area contributed by atoms with Gasteiger partial charge in [-0.05, 0) is 29.2 Å². The summed E-state index contributed by atoms with van der Waals surface area (Å²) in [6.45, 7) is -0.333. The number of hydrogen-bond acceptors (Lipinski definition) is 7. The zero-order chi connectivity index (χ0) is 17.1. The number of hydrogen-bond donors (Lipinski definition) is 2. The molecule has 0 bridgehead atoms. The van der Waals surface area contributed by atoms with E-state index < -0.39 is 19.7 Å². The molecule has 0 amide bonds. The van der Waals surface area contributed by atoms with Crippen molar-refractivity contribution in [3.63, 3.8) is 0 Å². The molecule has 0 unspecified atom stereocenters. The maximum Gasteiger partial charge on any atom is 0.491 e. The molecule has 0 spiro atoms. The molecule has 2 aromatic rings. The third-order valence-corrected chi connectivity index (χ3v) is 3.29. The Bertz CT molecular complexity index is 835. The van der Waals surface area contributed by atoms with Crippen LogP contribution in [0, 0.1) is 11.3 Å². The van der Waals surface area contributed by atoms with E-state index in [2.05, 4.69) is 4.98 Å². The van der Waals surface area contributed by atoms with Crippen molar-refractivity contribution in [1.29, 1.82) is 5.26 Å². The minimum absolute atomic E-state index is 0.106. The molecule has 1 aromatic heterocycles. The van der Waals surface area contributed by atoms with E-state index in [0.717, 1.165) is 5.56 Å². The first kappa shape index (κ1) is 15.8. The normalized spacial score (nSPS) is 12.4. The highest BCUT2D eigenvalue weighted by Gasteiger charge is 2.27. The maximum absolute atomic E-state index is 10.6. The molecule has 8 nitrogen and oxygen atoms in total. The van der Waals surface area contributed by atoms with Crippen LogP contribution in [0.5, 0.6) is 17.5 Å². The molecule has 0 radical (unpaired) electrons. The molecule has 1 aliphatic heterocycles. The summed E-state index contributed by atoms with van der Waals surface area (Å²) in [4.78, 5) is 14.6. The quantitative estimate of drug-likeness (QED) is 0.758. The Labute approximate surface area is 137 Å². The van der Waals surface area contributed by atoms with Gasteiger partial charge in [-0.3, -0.25) is 0 Å². The number of aliphatic carboxylic acids is 1. The zero-order valence-corrected chi connectivity index (χ0v) is 12.3. The second-order valence-electron chi connectivity index (χ2n) is 4.92. The summed E-state index contributed by atoms with van der Waals surface area (Å²) >= 11 is 0. The highest BCUT2D eigenvalue weighted by atomic mass is 16.5. The van der Waals surface area contributed by atoms with Crippen LogP contribution in [0.2, 0.25) is 0 Å². The van der Waals surface area contributed by atoms with Crippen LogP contribution in [0.3, 0.4) is 0 Å². The van der Waals surface area contributed by atoms with Crippen molar-refractivity contribution >= 4 is 18.6 Å². The number of nitrogens with zero attached hydrogens (tertiary/aromatic N) is 2. The topological polar surface area (TPSA) is 122 Å². The fourth-order valence-corrected chi connectivity index (χ4v) is 2.20. The molecule has 0 atom stereocenters. The smallest absolute Gasteiger partial charge is 0.479 e. The van der Waals surface area contributed by atoms with Crippen LogP contribution >= 0.6 is 0 Å². The average Bonchev–Trinajstić information content (AvgIpc) is 2.94. The van der Waals surface area contributed by atoms with Crippen LogP contribution < -0.4 is 14.9 Å². The molecule has 1 aliphatic rings. The highest BCUT2D eigenvalue weighted by molar-refractivity contribution is 6.61. The van der Waals surface area contributed by atoms with Crippen LogP contribution in [0.15, 0.2) is 30.3 Å². The lowest BCUT2D eigenvalue weighted by atomic mass is 9.80. The van der Waals surface area contributed by atoms with Gasteiger partial charge < -0.3 is 24.3 Å². The van der Waals surface area contributed by atoms with E-state index in [4.69, 9.17) is 24.5 Å². The monoisotopic (exact) mass is 326 g/mol. The summed E-state index contributed by atoms with van der Waals surface area (Å²) in [7, 11) is -0.932. The van der Waals surface area contributed by atoms with Gasteiger partial charge in [-0.1, -0.05) is 6.07 Å². The lowest BCUT2D eigenvalue weighted by Gasteiger charge is -2.09. The van der Waals surface area contributed by atoms with Crippen molar-refractivity contribution in [2.45, 2.75) is 6.61 Å². The van der Waals surface area contributed by atoms with E-state index in [1.807, 2.05) is 6.07 Å². The first-order chi connectivity index (χ1) is 11.6. The van der Waals surface area contributed by atoms with Gasteiger partial charge in [0.1, 0.15) is 17.4 Å². The summed E-state index contributed by atoms with van der Waals surface area (Å²) in [6, 6.07) is 9.82. The fraction of sp³-hybridized carbons (Fsp3) is 0.133. The van der Waals surface area contributed by atoms with E-state index in [1.165, 1.54) is 12.1 Å². The molecule has 0 aliphatic carbocycles. The molecule has 2 heterocycles. The second kappa shape index (κ2) is 6.58. The van der Waals surface area contributed by atoms with E-state index in [1.54, 1.807) is 18.2 Å². The summed E-state index contributed by atoms with van der Waals surface area (Å²) in [6.07, 6.45) is 0. The predicted octanol–water partition coefficient (Wildman–Crippen LogP) is 0.427. The lowest BCUT2D eigenvalue weighted by molar-refractivity contribution is -0.139. The van der Waals surface area contributed by atoms with Gasteiger partial charge in [-0.25, -0.2) is 4.79 Å². The number of ether oxygens (including phenoxy) is 2. The van der Waals surface area contributed by atoms with Crippen molar-refractivity contribution in [1.82, 2.24) is 4.98 Å². The van der Waals surface area contributed by atoms with Gasteiger partial charge in [0.05, 0.1) is 6.61 Å². The number of carboxylic acids is 1. The molecule has 9 heteroatoms. The van der Waals surface area contributed by atoms with Gasteiger partial charge >= 0.3 is 13.1 Å². The third kappa shape index (κ3) is 3.30. The number of benzene rings is 1. The van der Waals surface area contributed by atoms with E-state index in [0.29, 0.717) is 11.2 Å². The number of nitriles is 1. The number of carbonyl (C=O) groups is 1. The fourth-order valence-electron chi connectivity index (χ4n) is 2.20. The van der Waals surface area contributed by atoms with Crippen LogP contribution in [-0.2, 0) is 16.1 Å². The Morgan fingerprint density at radius 2 is 2.25 bits per heavy atom. The van der Waals surface area contributed by atoms with Crippen molar-refractivity contribution in [2.75, 3.05) is 6.61 Å². The summed E-state index contributed by atoms with van der Waals surface area (Å²) in [5.74, 6) is -0.678. The van der Waals surface area contributed by atoms with E-state index in [9.17, 15) is 9.82 Å². The van der Waals surface area contributed by atoms with E-state index in [-0.39, 0.29) is 23.9 Å². The van der Waals surface area contributed by atoms with Gasteiger partial charge in [0, 0.05) is 6.07 Å². The predicted molar refractivity (Wildman–Crippen MR) is 81.0 cm³/mol. The summed E-state index contributed by atoms with van der Waals surface area (Å²) in [5, 5.41) is 27.2. The molecule has 24 heavy (non-hydrogen) atoms. The summed E-state index contributed by atoms with van der Waals surface area (Å²) < 4.78 is 15.7. The van der Waals surface area contributed by atoms with Crippen molar-refractivity contribution in [3.8, 4) is 23.6 Å². The van der Waals surface area contributed by atoms with E-state index >= 15 is 0 Å². The van der Waals surface area contributed by atoms with Gasteiger partial charge in [0.25, 0.3) is 0 Å². The van der Waals surface area contributed by atoms with Crippen molar-refractivity contribution in [2.24, 2.45) is 0 Å². The molecule has 0 saturated carbocycles. The van der Waals surface area contributed by atoms with Gasteiger partial charge in [-0.15, -0.1) is 0 Å². The first-order valence-electron chi connectivity index (χ1n) is 6.93. The van der Waals surface area contributed by atoms with Crippen LogP contribution in [0.25, 0.3) is 0 Å². The molecule has 1 aromatic carbocycles. The molecular weight excluding hydrogens is 315 g/mol. The third-order valence-electron chi connectivity index (χ3n) is 3.29. The number of carboxylic acid groups (broad SMARTS) is 1. The molecule has 3 rings (SSSR count). The minimum atomic E-state index is -1.18. The standard InChI is InChI=1S/C15H11BN2O6/c17-6-9-1-4-13(18-15(9)22-8-14(19)20)24-11-2-3-12-10(5-11)7-23-16(12)21/h1-5,21H,7-8H2,(H,19,20). The number of rotatable bonds is 5. The molecule has 2 N–H and O–H groups in total. The largest absolute Gasteiger partial charge is 0.491 e. The van der Waals surface area contributed by atoms with Crippen molar-refractivity contribution in [3.05, 3.63) is 41.5 Å². The molecule has 0 saturated heterocycles. The first-order valence-corrected chi connectivity index (χ1v) is 6.93. The zero-order valence-electron chi connectivity index (χ0n) is 12.3. The number of fused-ring (bicyclic) bond motifs is 1. The number of aromatic nitrogens is 1. The highest BCUT2D eigenvalue weighted by Crippen LogP contribution is 2.25. The van der Waals surface area contributed by atoms with Crippen LogP contribution in [0.1, 0.15) is 11.1 Å². The molecule has 0 fully saturated rings. The van der Waals surface area contributed by atoms with Gasteiger partial charge in [-0.2, -0.15) is 10.2 Å². The Morgan fingerprint density at radius 3 is 3.00 bits per heavy atom. The summed E-state index contributed by atoms with van der Waals surface area (Å²) in [5.41, 5.74) is 1.59.